The Morgan fingerprint density at radius 1 is 1.16 bits per heavy atom. The lowest BCUT2D eigenvalue weighted by Gasteiger charge is -2.31. The molecule has 3 aromatic rings. The summed E-state index contributed by atoms with van der Waals surface area (Å²) in [5.74, 6) is 0.711. The number of carbonyl (C=O) groups excluding carboxylic acids is 1. The summed E-state index contributed by atoms with van der Waals surface area (Å²) in [6.45, 7) is 3.70. The van der Waals surface area contributed by atoms with Gasteiger partial charge < -0.3 is 0 Å². The topological polar surface area (TPSA) is 69.9 Å². The lowest BCUT2D eigenvalue weighted by molar-refractivity contribution is -0.763. The molecule has 1 amide bonds. The van der Waals surface area contributed by atoms with Crippen LogP contribution in [0.2, 0.25) is 5.02 Å². The maximum absolute atomic E-state index is 13.3. The summed E-state index contributed by atoms with van der Waals surface area (Å²) in [6.07, 6.45) is 3.92. The Kier molecular flexibility index (Phi) is 6.96. The summed E-state index contributed by atoms with van der Waals surface area (Å²) in [5.41, 5.74) is 2.22. The molecule has 0 saturated carbocycles. The van der Waals surface area contributed by atoms with Crippen LogP contribution in [0.1, 0.15) is 51.3 Å². The summed E-state index contributed by atoms with van der Waals surface area (Å²) >= 11 is 8.09. The van der Waals surface area contributed by atoms with Crippen molar-refractivity contribution in [3.05, 3.63) is 69.5 Å². The number of aromatic amines is 1. The second-order valence-electron chi connectivity index (χ2n) is 7.76. The Hall–Kier alpha value is -2.64. The van der Waals surface area contributed by atoms with Gasteiger partial charge >= 0.3 is 11.3 Å². The van der Waals surface area contributed by atoms with E-state index in [-0.39, 0.29) is 11.5 Å². The summed E-state index contributed by atoms with van der Waals surface area (Å²) in [5, 5.41) is 5.84. The number of nitrogens with zero attached hydrogens (tertiary/aromatic N) is 3. The number of hydrogen-bond acceptors (Lipinski definition) is 4. The maximum Gasteiger partial charge on any atom is 0.325 e. The minimum Gasteiger partial charge on any atom is -0.291 e. The molecule has 8 heteroatoms. The van der Waals surface area contributed by atoms with E-state index >= 15 is 0 Å². The van der Waals surface area contributed by atoms with Crippen LogP contribution in [0.25, 0.3) is 11.3 Å². The third-order valence-corrected chi connectivity index (χ3v) is 6.81. The fraction of sp³-hybridized carbons (Fsp3) is 0.333. The quantitative estimate of drug-likeness (QED) is 0.301. The number of fused-ring (bicyclic) bond motifs is 3. The Balaban J connectivity index is 1.87. The zero-order valence-electron chi connectivity index (χ0n) is 18.2. The van der Waals surface area contributed by atoms with E-state index in [2.05, 4.69) is 11.9 Å². The standard InChI is InChI=1S/C24H25ClN4O2S/c1-3-4-5-10-15-32-24-26-22(31)21-18-12-7-9-14-20(18)28(16(2)30)23(29(21)27-24)17-11-6-8-13-19(17)25/h6-9,11-14,23H,3-5,10,15H2,1-2H3/p+1/t23-/m1/s1. The first-order valence-electron chi connectivity index (χ1n) is 10.9. The van der Waals surface area contributed by atoms with Gasteiger partial charge in [0.05, 0.1) is 21.8 Å². The van der Waals surface area contributed by atoms with Gasteiger partial charge in [0.1, 0.15) is 0 Å². The Bertz CT molecular complexity index is 1200. The summed E-state index contributed by atoms with van der Waals surface area (Å²) in [7, 11) is 0. The zero-order chi connectivity index (χ0) is 22.7. The Morgan fingerprint density at radius 2 is 1.91 bits per heavy atom. The second kappa shape index (κ2) is 9.88. The highest BCUT2D eigenvalue weighted by atomic mass is 35.5. The van der Waals surface area contributed by atoms with Crippen molar-refractivity contribution in [1.29, 1.82) is 0 Å². The van der Waals surface area contributed by atoms with Crippen molar-refractivity contribution in [1.82, 2.24) is 10.1 Å². The largest absolute Gasteiger partial charge is 0.325 e. The third kappa shape index (κ3) is 4.32. The van der Waals surface area contributed by atoms with Gasteiger partial charge in [-0.1, -0.05) is 73.8 Å². The van der Waals surface area contributed by atoms with Crippen LogP contribution in [0.15, 0.2) is 58.5 Å². The first kappa shape index (κ1) is 22.6. The molecule has 1 aliphatic rings. The predicted molar refractivity (Wildman–Crippen MR) is 128 cm³/mol. The van der Waals surface area contributed by atoms with Gasteiger partial charge in [0, 0.05) is 17.8 Å². The van der Waals surface area contributed by atoms with Gasteiger partial charge in [0.15, 0.2) is 0 Å². The molecule has 166 valence electrons. The van der Waals surface area contributed by atoms with Gasteiger partial charge in [-0.15, -0.1) is 0 Å². The first-order valence-corrected chi connectivity index (χ1v) is 12.2. The number of H-pyrrole nitrogens is 1. The molecule has 6 nitrogen and oxygen atoms in total. The number of rotatable bonds is 7. The van der Waals surface area contributed by atoms with Crippen molar-refractivity contribution in [2.24, 2.45) is 0 Å². The summed E-state index contributed by atoms with van der Waals surface area (Å²) in [4.78, 5) is 30.7. The van der Waals surface area contributed by atoms with Crippen LogP contribution < -0.4 is 15.1 Å². The molecule has 0 saturated heterocycles. The number of unbranched alkanes of at least 4 members (excludes halogenated alkanes) is 3. The maximum atomic E-state index is 13.3. The Labute approximate surface area is 196 Å². The normalized spacial score (nSPS) is 14.7. The molecule has 1 aromatic heterocycles. The van der Waals surface area contributed by atoms with Crippen molar-refractivity contribution >= 4 is 35.0 Å². The number of para-hydroxylation sites is 1. The third-order valence-electron chi connectivity index (χ3n) is 5.52. The van der Waals surface area contributed by atoms with Gasteiger partial charge in [-0.05, 0) is 35.4 Å². The van der Waals surface area contributed by atoms with Crippen molar-refractivity contribution in [3.63, 3.8) is 0 Å². The fourth-order valence-electron chi connectivity index (χ4n) is 4.04. The van der Waals surface area contributed by atoms with Crippen molar-refractivity contribution in [2.75, 3.05) is 10.7 Å². The van der Waals surface area contributed by atoms with Gasteiger partial charge in [-0.3, -0.25) is 14.6 Å². The van der Waals surface area contributed by atoms with Crippen LogP contribution in [0.4, 0.5) is 5.69 Å². The van der Waals surface area contributed by atoms with E-state index in [1.165, 1.54) is 31.5 Å². The van der Waals surface area contributed by atoms with Crippen LogP contribution in [0, 0.1) is 0 Å². The summed E-state index contributed by atoms with van der Waals surface area (Å²) in [6, 6.07) is 14.8. The molecule has 4 rings (SSSR count). The van der Waals surface area contributed by atoms with Gasteiger partial charge in [0.25, 0.3) is 6.17 Å². The average Bonchev–Trinajstić information content (AvgIpc) is 2.78. The minimum atomic E-state index is -0.659. The molecule has 1 aliphatic heterocycles. The van der Waals surface area contributed by atoms with Crippen LogP contribution in [0.5, 0.6) is 0 Å². The molecule has 1 N–H and O–H groups in total. The number of nitrogens with one attached hydrogen (secondary N) is 1. The molecule has 0 aliphatic carbocycles. The van der Waals surface area contributed by atoms with Crippen LogP contribution in [-0.2, 0) is 4.79 Å². The molecular weight excluding hydrogens is 444 g/mol. The fourth-order valence-corrected chi connectivity index (χ4v) is 5.13. The summed E-state index contributed by atoms with van der Waals surface area (Å²) < 4.78 is 1.65. The highest BCUT2D eigenvalue weighted by molar-refractivity contribution is 7.99. The SMILES string of the molecule is CCCCCCSc1n[n+]2c(c(=O)[nH]1)-c1ccccc1N(C(C)=O)[C@H]2c1ccccc1Cl. The number of amides is 1. The van der Waals surface area contributed by atoms with E-state index in [9.17, 15) is 9.59 Å². The number of benzene rings is 2. The molecule has 0 unspecified atom stereocenters. The molecule has 0 bridgehead atoms. The molecular formula is C24H26ClN4O2S+. The van der Waals surface area contributed by atoms with E-state index in [1.54, 1.807) is 15.6 Å². The molecule has 0 fully saturated rings. The van der Waals surface area contributed by atoms with Gasteiger partial charge in [-0.25, -0.2) is 4.90 Å². The molecule has 32 heavy (non-hydrogen) atoms. The number of aromatic nitrogens is 3. The van der Waals surface area contributed by atoms with Crippen molar-refractivity contribution in [2.45, 2.75) is 50.9 Å². The predicted octanol–water partition coefficient (Wildman–Crippen LogP) is 4.96. The Morgan fingerprint density at radius 3 is 2.66 bits per heavy atom. The van der Waals surface area contributed by atoms with Gasteiger partial charge in [0.2, 0.25) is 11.1 Å². The van der Waals surface area contributed by atoms with Gasteiger partial charge in [-0.2, -0.15) is 0 Å². The van der Waals surface area contributed by atoms with Crippen LogP contribution in [-0.4, -0.2) is 21.7 Å². The van der Waals surface area contributed by atoms with E-state index in [4.69, 9.17) is 16.7 Å². The number of thioether (sulfide) groups is 1. The molecule has 0 radical (unpaired) electrons. The molecule has 2 aromatic carbocycles. The highest BCUT2D eigenvalue weighted by Crippen LogP contribution is 2.38. The van der Waals surface area contributed by atoms with E-state index in [0.717, 1.165) is 18.6 Å². The first-order chi connectivity index (χ1) is 15.5. The number of anilines is 1. The minimum absolute atomic E-state index is 0.156. The second-order valence-corrected chi connectivity index (χ2v) is 9.25. The number of hydrogen-bond donors (Lipinski definition) is 1. The lowest BCUT2D eigenvalue weighted by Crippen LogP contribution is -2.60. The van der Waals surface area contributed by atoms with Crippen molar-refractivity contribution in [3.8, 4) is 11.3 Å². The number of carbonyl (C=O) groups is 1. The van der Waals surface area contributed by atoms with Crippen LogP contribution in [0.3, 0.4) is 0 Å². The van der Waals surface area contributed by atoms with E-state index in [1.807, 2.05) is 42.5 Å². The van der Waals surface area contributed by atoms with E-state index in [0.29, 0.717) is 32.7 Å². The van der Waals surface area contributed by atoms with Crippen LogP contribution >= 0.6 is 23.4 Å². The van der Waals surface area contributed by atoms with Crippen molar-refractivity contribution < 1.29 is 9.48 Å². The molecule has 0 spiro atoms. The monoisotopic (exact) mass is 469 g/mol. The zero-order valence-corrected chi connectivity index (χ0v) is 19.7. The van der Waals surface area contributed by atoms with E-state index < -0.39 is 6.17 Å². The molecule has 1 atom stereocenters. The molecule has 2 heterocycles. The average molecular weight is 470 g/mol. The highest BCUT2D eigenvalue weighted by Gasteiger charge is 2.45. The number of halogens is 1. The lowest BCUT2D eigenvalue weighted by atomic mass is 10.0. The smallest absolute Gasteiger partial charge is 0.291 e.